The molecular weight excluding hydrogens is 318 g/mol. The maximum atomic E-state index is 9.00. The number of rotatable bonds is 7. The van der Waals surface area contributed by atoms with Gasteiger partial charge in [-0.1, -0.05) is 12.1 Å². The van der Waals surface area contributed by atoms with E-state index in [1.54, 1.807) is 12.1 Å². The van der Waals surface area contributed by atoms with E-state index in [0.717, 1.165) is 30.1 Å². The molecule has 1 saturated heterocycles. The van der Waals surface area contributed by atoms with Crippen LogP contribution in [-0.4, -0.2) is 41.4 Å². The summed E-state index contributed by atoms with van der Waals surface area (Å²) >= 11 is 0. The summed E-state index contributed by atoms with van der Waals surface area (Å²) in [6.07, 6.45) is 0.950. The zero-order chi connectivity index (χ0) is 17.5. The summed E-state index contributed by atoms with van der Waals surface area (Å²) in [4.78, 5) is 8.99. The Balaban J connectivity index is 1.73. The standard InChI is InChI=1S/C18H21N5O2/c19-10-13-1-3-14(4-2-13)11-21-17-9-16(15-5-8-25-12-15)22-18(23-17)20-6-7-24/h1-4,9,15,24H,5-8,11-12H2,(H2,20,21,22,23). The number of ether oxygens (including phenoxy) is 1. The molecular formula is C18H21N5O2. The summed E-state index contributed by atoms with van der Waals surface area (Å²) < 4.78 is 5.46. The molecule has 0 bridgehead atoms. The van der Waals surface area contributed by atoms with Crippen LogP contribution in [0.2, 0.25) is 0 Å². The van der Waals surface area contributed by atoms with E-state index in [4.69, 9.17) is 15.1 Å². The minimum Gasteiger partial charge on any atom is -0.395 e. The molecule has 130 valence electrons. The molecule has 7 nitrogen and oxygen atoms in total. The highest BCUT2D eigenvalue weighted by Gasteiger charge is 2.20. The summed E-state index contributed by atoms with van der Waals surface area (Å²) in [5, 5.41) is 24.2. The van der Waals surface area contributed by atoms with Crippen LogP contribution < -0.4 is 10.6 Å². The SMILES string of the molecule is N#Cc1ccc(CNc2cc(C3CCOC3)nc(NCCO)n2)cc1. The van der Waals surface area contributed by atoms with E-state index in [-0.39, 0.29) is 12.5 Å². The lowest BCUT2D eigenvalue weighted by molar-refractivity contribution is 0.193. The molecule has 2 aromatic rings. The van der Waals surface area contributed by atoms with Crippen molar-refractivity contribution < 1.29 is 9.84 Å². The number of nitriles is 1. The number of hydrogen-bond donors (Lipinski definition) is 3. The Labute approximate surface area is 146 Å². The fourth-order valence-electron chi connectivity index (χ4n) is 2.67. The topological polar surface area (TPSA) is 103 Å². The number of nitrogens with one attached hydrogen (secondary N) is 2. The quantitative estimate of drug-likeness (QED) is 0.707. The van der Waals surface area contributed by atoms with Crippen LogP contribution in [0.5, 0.6) is 0 Å². The van der Waals surface area contributed by atoms with Crippen LogP contribution in [-0.2, 0) is 11.3 Å². The smallest absolute Gasteiger partial charge is 0.224 e. The lowest BCUT2D eigenvalue weighted by atomic mass is 10.0. The Hall–Kier alpha value is -2.69. The fourth-order valence-corrected chi connectivity index (χ4v) is 2.67. The average Bonchev–Trinajstić information content (AvgIpc) is 3.20. The van der Waals surface area contributed by atoms with Gasteiger partial charge >= 0.3 is 0 Å². The highest BCUT2D eigenvalue weighted by Crippen LogP contribution is 2.26. The van der Waals surface area contributed by atoms with E-state index in [9.17, 15) is 0 Å². The Bertz CT molecular complexity index is 736. The largest absolute Gasteiger partial charge is 0.395 e. The minimum atomic E-state index is 0.0220. The highest BCUT2D eigenvalue weighted by atomic mass is 16.5. The summed E-state index contributed by atoms with van der Waals surface area (Å²) in [7, 11) is 0. The summed E-state index contributed by atoms with van der Waals surface area (Å²) in [5.74, 6) is 1.50. The van der Waals surface area contributed by atoms with E-state index in [1.807, 2.05) is 18.2 Å². The van der Waals surface area contributed by atoms with Gasteiger partial charge in [0.1, 0.15) is 5.82 Å². The molecule has 3 rings (SSSR count). The van der Waals surface area contributed by atoms with Crippen LogP contribution in [0.1, 0.15) is 29.2 Å². The Morgan fingerprint density at radius 3 is 2.76 bits per heavy atom. The van der Waals surface area contributed by atoms with Crippen LogP contribution in [0.25, 0.3) is 0 Å². The molecule has 1 unspecified atom stereocenters. The van der Waals surface area contributed by atoms with Crippen molar-refractivity contribution in [3.05, 3.63) is 47.2 Å². The number of aliphatic hydroxyl groups excluding tert-OH is 1. The van der Waals surface area contributed by atoms with E-state index in [1.165, 1.54) is 0 Å². The maximum Gasteiger partial charge on any atom is 0.224 e. The molecule has 0 radical (unpaired) electrons. The van der Waals surface area contributed by atoms with Crippen molar-refractivity contribution in [3.63, 3.8) is 0 Å². The molecule has 25 heavy (non-hydrogen) atoms. The van der Waals surface area contributed by atoms with Gasteiger partial charge in [-0.25, -0.2) is 4.98 Å². The number of nitrogens with zero attached hydrogens (tertiary/aromatic N) is 3. The van der Waals surface area contributed by atoms with E-state index in [0.29, 0.717) is 31.2 Å². The van der Waals surface area contributed by atoms with E-state index < -0.39 is 0 Å². The summed E-state index contributed by atoms with van der Waals surface area (Å²) in [5.41, 5.74) is 2.65. The molecule has 1 aliphatic heterocycles. The van der Waals surface area contributed by atoms with Gasteiger partial charge < -0.3 is 20.5 Å². The van der Waals surface area contributed by atoms with Gasteiger partial charge in [0.05, 0.1) is 30.5 Å². The van der Waals surface area contributed by atoms with Crippen LogP contribution in [0.3, 0.4) is 0 Å². The normalized spacial score (nSPS) is 16.4. The van der Waals surface area contributed by atoms with Crippen molar-refractivity contribution in [3.8, 4) is 6.07 Å². The van der Waals surface area contributed by atoms with Gasteiger partial charge in [-0.15, -0.1) is 0 Å². The number of aromatic nitrogens is 2. The third kappa shape index (κ3) is 4.66. The second-order valence-corrected chi connectivity index (χ2v) is 5.87. The lowest BCUT2D eigenvalue weighted by Crippen LogP contribution is -2.13. The number of hydrogen-bond acceptors (Lipinski definition) is 7. The van der Waals surface area contributed by atoms with Crippen molar-refractivity contribution in [1.82, 2.24) is 9.97 Å². The second-order valence-electron chi connectivity index (χ2n) is 5.87. The second kappa shape index (κ2) is 8.42. The van der Waals surface area contributed by atoms with Crippen LogP contribution in [0.15, 0.2) is 30.3 Å². The van der Waals surface area contributed by atoms with Gasteiger partial charge in [0.15, 0.2) is 0 Å². The first-order chi connectivity index (χ1) is 12.3. The minimum absolute atomic E-state index is 0.0220. The Morgan fingerprint density at radius 1 is 1.24 bits per heavy atom. The van der Waals surface area contributed by atoms with Crippen molar-refractivity contribution in [2.45, 2.75) is 18.9 Å². The molecule has 0 amide bonds. The Morgan fingerprint density at radius 2 is 2.08 bits per heavy atom. The zero-order valence-corrected chi connectivity index (χ0v) is 13.9. The van der Waals surface area contributed by atoms with E-state index >= 15 is 0 Å². The molecule has 2 heterocycles. The molecule has 7 heteroatoms. The zero-order valence-electron chi connectivity index (χ0n) is 13.9. The number of benzene rings is 1. The van der Waals surface area contributed by atoms with Gasteiger partial charge in [0.2, 0.25) is 5.95 Å². The molecule has 3 N–H and O–H groups in total. The van der Waals surface area contributed by atoms with Crippen molar-refractivity contribution >= 4 is 11.8 Å². The first kappa shape index (κ1) is 17.1. The van der Waals surface area contributed by atoms with Crippen molar-refractivity contribution in [2.24, 2.45) is 0 Å². The molecule has 0 aliphatic carbocycles. The summed E-state index contributed by atoms with van der Waals surface area (Å²) in [6.45, 7) is 2.45. The van der Waals surface area contributed by atoms with Crippen molar-refractivity contribution in [1.29, 1.82) is 5.26 Å². The highest BCUT2D eigenvalue weighted by molar-refractivity contribution is 5.44. The Kier molecular flexibility index (Phi) is 5.77. The average molecular weight is 339 g/mol. The lowest BCUT2D eigenvalue weighted by Gasteiger charge is -2.13. The number of aliphatic hydroxyl groups is 1. The van der Waals surface area contributed by atoms with Crippen LogP contribution >= 0.6 is 0 Å². The van der Waals surface area contributed by atoms with Crippen LogP contribution in [0.4, 0.5) is 11.8 Å². The monoisotopic (exact) mass is 339 g/mol. The molecule has 1 atom stereocenters. The van der Waals surface area contributed by atoms with Gasteiger partial charge in [0.25, 0.3) is 0 Å². The fraction of sp³-hybridized carbons (Fsp3) is 0.389. The predicted octanol–water partition coefficient (Wildman–Crippen LogP) is 1.87. The van der Waals surface area contributed by atoms with Gasteiger partial charge in [-0.3, -0.25) is 0 Å². The van der Waals surface area contributed by atoms with Gasteiger partial charge in [-0.05, 0) is 24.1 Å². The first-order valence-corrected chi connectivity index (χ1v) is 8.33. The molecule has 0 spiro atoms. The van der Waals surface area contributed by atoms with Crippen molar-refractivity contribution in [2.75, 3.05) is 37.0 Å². The molecule has 1 aliphatic rings. The molecule has 0 saturated carbocycles. The molecule has 1 aromatic heterocycles. The number of anilines is 2. The predicted molar refractivity (Wildman–Crippen MR) is 94.3 cm³/mol. The third-order valence-electron chi connectivity index (χ3n) is 4.05. The molecule has 1 aromatic carbocycles. The van der Waals surface area contributed by atoms with Gasteiger partial charge in [-0.2, -0.15) is 10.2 Å². The summed E-state index contributed by atoms with van der Waals surface area (Å²) in [6, 6.07) is 11.5. The van der Waals surface area contributed by atoms with Gasteiger partial charge in [0, 0.05) is 31.7 Å². The third-order valence-corrected chi connectivity index (χ3v) is 4.05. The van der Waals surface area contributed by atoms with Crippen LogP contribution in [0, 0.1) is 11.3 Å². The maximum absolute atomic E-state index is 9.00. The first-order valence-electron chi connectivity index (χ1n) is 8.33. The van der Waals surface area contributed by atoms with E-state index in [2.05, 4.69) is 26.7 Å². The molecule has 1 fully saturated rings.